The van der Waals surface area contributed by atoms with Gasteiger partial charge in [-0.15, -0.1) is 0 Å². The molecule has 3 aromatic rings. The Morgan fingerprint density at radius 2 is 1.70 bits per heavy atom. The van der Waals surface area contributed by atoms with Crippen molar-refractivity contribution in [3.8, 4) is 11.5 Å². The summed E-state index contributed by atoms with van der Waals surface area (Å²) < 4.78 is 11.0. The molecule has 0 aliphatic heterocycles. The van der Waals surface area contributed by atoms with Crippen molar-refractivity contribution in [2.75, 3.05) is 19.8 Å². The molecule has 0 aromatic heterocycles. The topological polar surface area (TPSA) is 89.0 Å². The number of nitrogens with one attached hydrogen (secondary N) is 2. The zero-order valence-electron chi connectivity index (χ0n) is 16.6. The lowest BCUT2D eigenvalue weighted by Gasteiger charge is -2.10. The van der Waals surface area contributed by atoms with E-state index in [1.807, 2.05) is 61.5 Å². The van der Waals surface area contributed by atoms with Gasteiger partial charge in [-0.3, -0.25) is 9.59 Å². The van der Waals surface area contributed by atoms with E-state index >= 15 is 0 Å². The summed E-state index contributed by atoms with van der Waals surface area (Å²) in [5.41, 5.74) is 3.19. The number of nitrogens with zero attached hydrogens (tertiary/aromatic N) is 1. The fourth-order valence-electron chi connectivity index (χ4n) is 2.79. The van der Waals surface area contributed by atoms with E-state index in [1.165, 1.54) is 0 Å². The first kappa shape index (κ1) is 20.9. The number of ether oxygens (including phenoxy) is 2. The number of rotatable bonds is 9. The van der Waals surface area contributed by atoms with Crippen molar-refractivity contribution < 1.29 is 19.1 Å². The molecule has 0 unspecified atom stereocenters. The summed E-state index contributed by atoms with van der Waals surface area (Å²) in [5, 5.41) is 8.51. The second-order valence-electron chi connectivity index (χ2n) is 6.30. The van der Waals surface area contributed by atoms with Crippen LogP contribution in [0, 0.1) is 0 Å². The molecule has 3 aromatic carbocycles. The van der Waals surface area contributed by atoms with Crippen LogP contribution in [-0.4, -0.2) is 37.8 Å². The summed E-state index contributed by atoms with van der Waals surface area (Å²) in [6.45, 7) is 2.04. The first-order chi connectivity index (χ1) is 14.7. The van der Waals surface area contributed by atoms with E-state index in [-0.39, 0.29) is 13.2 Å². The van der Waals surface area contributed by atoms with E-state index in [2.05, 4.69) is 15.8 Å². The SMILES string of the molecule is CCOc1ccc2ccccc2c1/C=N/NC(=O)CNC(=O)COc1ccccc1. The van der Waals surface area contributed by atoms with Gasteiger partial charge in [-0.25, -0.2) is 5.43 Å². The summed E-state index contributed by atoms with van der Waals surface area (Å²) in [4.78, 5) is 23.8. The Balaban J connectivity index is 1.53. The van der Waals surface area contributed by atoms with Crippen molar-refractivity contribution in [3.63, 3.8) is 0 Å². The van der Waals surface area contributed by atoms with E-state index in [0.717, 1.165) is 16.3 Å². The largest absolute Gasteiger partial charge is 0.493 e. The lowest BCUT2D eigenvalue weighted by Crippen LogP contribution is -2.37. The summed E-state index contributed by atoms with van der Waals surface area (Å²) in [5.74, 6) is 0.422. The highest BCUT2D eigenvalue weighted by Crippen LogP contribution is 2.26. The van der Waals surface area contributed by atoms with Crippen molar-refractivity contribution >= 4 is 28.8 Å². The minimum atomic E-state index is -0.447. The standard InChI is InChI=1S/C23H23N3O4/c1-2-29-21-13-12-17-8-6-7-11-19(17)20(21)14-25-26-22(27)15-24-23(28)16-30-18-9-4-3-5-10-18/h3-14H,2,15-16H2,1H3,(H,24,28)(H,26,27)/b25-14+. The van der Waals surface area contributed by atoms with Crippen LogP contribution in [0.15, 0.2) is 71.8 Å². The first-order valence-corrected chi connectivity index (χ1v) is 9.58. The molecule has 7 nitrogen and oxygen atoms in total. The normalized spacial score (nSPS) is 10.7. The fraction of sp³-hybridized carbons (Fsp3) is 0.174. The molecule has 0 saturated carbocycles. The van der Waals surface area contributed by atoms with Crippen LogP contribution >= 0.6 is 0 Å². The van der Waals surface area contributed by atoms with Gasteiger partial charge in [0.25, 0.3) is 11.8 Å². The number of amides is 2. The zero-order valence-corrected chi connectivity index (χ0v) is 16.6. The highest BCUT2D eigenvalue weighted by Gasteiger charge is 2.08. The molecule has 2 amide bonds. The van der Waals surface area contributed by atoms with Crippen LogP contribution in [0.3, 0.4) is 0 Å². The minimum absolute atomic E-state index is 0.172. The minimum Gasteiger partial charge on any atom is -0.493 e. The molecular formula is C23H23N3O4. The van der Waals surface area contributed by atoms with E-state index < -0.39 is 11.8 Å². The Morgan fingerprint density at radius 3 is 2.50 bits per heavy atom. The van der Waals surface area contributed by atoms with Gasteiger partial charge in [-0.05, 0) is 35.9 Å². The number of hydrogen-bond donors (Lipinski definition) is 2. The van der Waals surface area contributed by atoms with Gasteiger partial charge in [-0.1, -0.05) is 48.5 Å². The van der Waals surface area contributed by atoms with E-state index in [4.69, 9.17) is 9.47 Å². The lowest BCUT2D eigenvalue weighted by atomic mass is 10.0. The van der Waals surface area contributed by atoms with Gasteiger partial charge in [0.1, 0.15) is 11.5 Å². The van der Waals surface area contributed by atoms with Crippen molar-refractivity contribution in [2.45, 2.75) is 6.92 Å². The summed E-state index contributed by atoms with van der Waals surface area (Å²) in [6.07, 6.45) is 1.55. The summed E-state index contributed by atoms with van der Waals surface area (Å²) in [6, 6.07) is 20.7. The number of benzene rings is 3. The van der Waals surface area contributed by atoms with Gasteiger partial charge < -0.3 is 14.8 Å². The summed E-state index contributed by atoms with van der Waals surface area (Å²) >= 11 is 0. The van der Waals surface area contributed by atoms with Gasteiger partial charge in [0.2, 0.25) is 0 Å². The molecule has 3 rings (SSSR count). The number of hydrogen-bond acceptors (Lipinski definition) is 5. The molecule has 7 heteroatoms. The third-order valence-electron chi connectivity index (χ3n) is 4.17. The molecule has 30 heavy (non-hydrogen) atoms. The lowest BCUT2D eigenvalue weighted by molar-refractivity contribution is -0.127. The third-order valence-corrected chi connectivity index (χ3v) is 4.17. The maximum absolute atomic E-state index is 12.0. The second-order valence-corrected chi connectivity index (χ2v) is 6.30. The smallest absolute Gasteiger partial charge is 0.259 e. The van der Waals surface area contributed by atoms with E-state index in [1.54, 1.807) is 18.3 Å². The van der Waals surface area contributed by atoms with Crippen molar-refractivity contribution in [1.82, 2.24) is 10.7 Å². The quantitative estimate of drug-likeness (QED) is 0.423. The number of para-hydroxylation sites is 1. The van der Waals surface area contributed by atoms with Gasteiger partial charge in [0.15, 0.2) is 6.61 Å². The Bertz CT molecular complexity index is 1040. The molecule has 0 saturated heterocycles. The van der Waals surface area contributed by atoms with Gasteiger partial charge in [0, 0.05) is 5.56 Å². The first-order valence-electron chi connectivity index (χ1n) is 9.58. The number of fused-ring (bicyclic) bond motifs is 1. The van der Waals surface area contributed by atoms with E-state index in [9.17, 15) is 9.59 Å². The number of carbonyl (C=O) groups excluding carboxylic acids is 2. The average Bonchev–Trinajstić information content (AvgIpc) is 2.78. The average molecular weight is 405 g/mol. The Morgan fingerprint density at radius 1 is 0.933 bits per heavy atom. The molecule has 0 bridgehead atoms. The third kappa shape index (κ3) is 5.81. The van der Waals surface area contributed by atoms with Crippen LogP contribution in [0.25, 0.3) is 10.8 Å². The molecule has 0 radical (unpaired) electrons. The zero-order chi connectivity index (χ0) is 21.2. The maximum atomic E-state index is 12.0. The number of carbonyl (C=O) groups is 2. The highest BCUT2D eigenvalue weighted by atomic mass is 16.5. The Hall–Kier alpha value is -3.87. The van der Waals surface area contributed by atoms with Gasteiger partial charge in [-0.2, -0.15) is 5.10 Å². The van der Waals surface area contributed by atoms with Crippen LogP contribution in [0.2, 0.25) is 0 Å². The van der Waals surface area contributed by atoms with Gasteiger partial charge >= 0.3 is 0 Å². The van der Waals surface area contributed by atoms with Crippen molar-refractivity contribution in [1.29, 1.82) is 0 Å². The number of hydrazone groups is 1. The maximum Gasteiger partial charge on any atom is 0.259 e. The highest BCUT2D eigenvalue weighted by molar-refractivity contribution is 6.02. The van der Waals surface area contributed by atoms with Crippen LogP contribution in [0.4, 0.5) is 0 Å². The molecule has 0 spiro atoms. The molecule has 0 aliphatic rings. The molecule has 2 N–H and O–H groups in total. The molecular weight excluding hydrogens is 382 g/mol. The Labute approximate surface area is 174 Å². The van der Waals surface area contributed by atoms with Crippen LogP contribution in [0.5, 0.6) is 11.5 Å². The monoisotopic (exact) mass is 405 g/mol. The molecule has 0 fully saturated rings. The Kier molecular flexibility index (Phi) is 7.38. The van der Waals surface area contributed by atoms with Crippen molar-refractivity contribution in [2.24, 2.45) is 5.10 Å². The van der Waals surface area contributed by atoms with Crippen LogP contribution < -0.4 is 20.2 Å². The summed E-state index contributed by atoms with van der Waals surface area (Å²) in [7, 11) is 0. The fourth-order valence-corrected chi connectivity index (χ4v) is 2.79. The predicted molar refractivity (Wildman–Crippen MR) is 116 cm³/mol. The second kappa shape index (κ2) is 10.6. The molecule has 0 heterocycles. The van der Waals surface area contributed by atoms with Crippen LogP contribution in [-0.2, 0) is 9.59 Å². The predicted octanol–water partition coefficient (Wildman–Crippen LogP) is 2.88. The van der Waals surface area contributed by atoms with E-state index in [0.29, 0.717) is 18.1 Å². The molecule has 0 atom stereocenters. The molecule has 0 aliphatic carbocycles. The van der Waals surface area contributed by atoms with Gasteiger partial charge in [0.05, 0.1) is 19.4 Å². The van der Waals surface area contributed by atoms with Crippen molar-refractivity contribution in [3.05, 3.63) is 72.3 Å². The molecule has 154 valence electrons. The van der Waals surface area contributed by atoms with Crippen LogP contribution in [0.1, 0.15) is 12.5 Å².